The highest BCUT2D eigenvalue weighted by Gasteiger charge is 2.42. The number of carbonyl (C=O) groups excluding carboxylic acids is 2. The minimum Gasteiger partial charge on any atom is -0.465 e. The van der Waals surface area contributed by atoms with Gasteiger partial charge in [-0.3, -0.25) is 9.59 Å². The Morgan fingerprint density at radius 1 is 1.38 bits per heavy atom. The zero-order valence-electron chi connectivity index (χ0n) is 14.6. The normalized spacial score (nSPS) is 30.7. The van der Waals surface area contributed by atoms with E-state index in [0.29, 0.717) is 31.5 Å². The first-order chi connectivity index (χ1) is 11.3. The Balaban J connectivity index is 2.05. The minimum atomic E-state index is -1.18. The molecule has 0 aromatic rings. The maximum Gasteiger partial charge on any atom is 0.405 e. The van der Waals surface area contributed by atoms with Crippen molar-refractivity contribution in [2.75, 3.05) is 13.6 Å². The summed E-state index contributed by atoms with van der Waals surface area (Å²) in [6, 6.07) is -0.0594. The molecule has 2 fully saturated rings. The molecule has 3 amide bonds. The van der Waals surface area contributed by atoms with Gasteiger partial charge >= 0.3 is 6.09 Å². The lowest BCUT2D eigenvalue weighted by Gasteiger charge is -2.44. The van der Waals surface area contributed by atoms with E-state index in [1.54, 1.807) is 4.90 Å². The lowest BCUT2D eigenvalue weighted by atomic mass is 9.84. The second-order valence-corrected chi connectivity index (χ2v) is 7.01. The van der Waals surface area contributed by atoms with Crippen LogP contribution in [0.1, 0.15) is 39.5 Å². The van der Waals surface area contributed by atoms with Gasteiger partial charge in [0.15, 0.2) is 0 Å². The van der Waals surface area contributed by atoms with Gasteiger partial charge in [0.1, 0.15) is 6.04 Å². The first kappa shape index (κ1) is 18.5. The van der Waals surface area contributed by atoms with Crippen LogP contribution < -0.4 is 10.6 Å². The van der Waals surface area contributed by atoms with E-state index in [1.165, 1.54) is 0 Å². The highest BCUT2D eigenvalue weighted by atomic mass is 16.4. The number of carbonyl (C=O) groups is 3. The van der Waals surface area contributed by atoms with Crippen molar-refractivity contribution in [3.8, 4) is 0 Å². The molecule has 3 N–H and O–H groups in total. The molecule has 24 heavy (non-hydrogen) atoms. The fourth-order valence-electron chi connectivity index (χ4n) is 3.88. The third-order valence-corrected chi connectivity index (χ3v) is 5.40. The molecule has 1 aliphatic carbocycles. The van der Waals surface area contributed by atoms with E-state index >= 15 is 0 Å². The van der Waals surface area contributed by atoms with E-state index in [2.05, 4.69) is 36.4 Å². The second kappa shape index (κ2) is 7.83. The maximum atomic E-state index is 12.5. The predicted octanol–water partition coefficient (Wildman–Crippen LogP) is 0.231. The third-order valence-electron chi connectivity index (χ3n) is 5.40. The molecule has 0 unspecified atom stereocenters. The average molecular weight is 340 g/mol. The fourth-order valence-corrected chi connectivity index (χ4v) is 3.88. The summed E-state index contributed by atoms with van der Waals surface area (Å²) in [6.45, 7) is 4.80. The van der Waals surface area contributed by atoms with Crippen LogP contribution in [0.4, 0.5) is 4.79 Å². The van der Waals surface area contributed by atoms with Gasteiger partial charge in [-0.05, 0) is 46.6 Å². The average Bonchev–Trinajstić information content (AvgIpc) is 2.87. The summed E-state index contributed by atoms with van der Waals surface area (Å²) >= 11 is 0. The predicted molar refractivity (Wildman–Crippen MR) is 88.6 cm³/mol. The molecule has 1 saturated heterocycles. The van der Waals surface area contributed by atoms with Crippen molar-refractivity contribution in [2.45, 2.75) is 69.7 Å². The molecule has 1 heterocycles. The molecule has 0 aromatic heterocycles. The van der Waals surface area contributed by atoms with Crippen molar-refractivity contribution in [3.05, 3.63) is 0 Å². The molecule has 136 valence electrons. The smallest absolute Gasteiger partial charge is 0.405 e. The van der Waals surface area contributed by atoms with E-state index < -0.39 is 12.1 Å². The maximum absolute atomic E-state index is 12.5. The van der Waals surface area contributed by atoms with Gasteiger partial charge in [-0.15, -0.1) is 0 Å². The van der Waals surface area contributed by atoms with Crippen LogP contribution in [-0.2, 0) is 9.59 Å². The first-order valence-corrected chi connectivity index (χ1v) is 8.56. The molecule has 4 atom stereocenters. The van der Waals surface area contributed by atoms with Gasteiger partial charge in [0.25, 0.3) is 0 Å². The number of amides is 3. The summed E-state index contributed by atoms with van der Waals surface area (Å²) in [5.41, 5.74) is 0. The van der Waals surface area contributed by atoms with Crippen molar-refractivity contribution < 1.29 is 19.5 Å². The van der Waals surface area contributed by atoms with Crippen LogP contribution >= 0.6 is 0 Å². The Morgan fingerprint density at radius 2 is 2.08 bits per heavy atom. The first-order valence-electron chi connectivity index (χ1n) is 8.56. The molecule has 1 saturated carbocycles. The van der Waals surface area contributed by atoms with Crippen LogP contribution in [0, 0.1) is 0 Å². The highest BCUT2D eigenvalue weighted by Crippen LogP contribution is 2.30. The Kier molecular flexibility index (Phi) is 6.04. The van der Waals surface area contributed by atoms with E-state index in [9.17, 15) is 14.4 Å². The summed E-state index contributed by atoms with van der Waals surface area (Å²) in [4.78, 5) is 38.3. The second-order valence-electron chi connectivity index (χ2n) is 7.01. The van der Waals surface area contributed by atoms with Gasteiger partial charge in [0, 0.05) is 18.6 Å². The highest BCUT2D eigenvalue weighted by molar-refractivity contribution is 5.87. The minimum absolute atomic E-state index is 0.0693. The van der Waals surface area contributed by atoms with Gasteiger partial charge in [0.05, 0.1) is 12.1 Å². The standard InChI is InChI=1S/C16H28N4O4/c1-10(2)19(3)11-4-5-14(13(8-11)17-9-21)20-7-6-12(15(20)22)18-16(23)24/h9-14,18H,4-8H2,1-3H3,(H,17,21)(H,23,24)/t11-,12+,13+,14+/m1/s1. The molecular weight excluding hydrogens is 312 g/mol. The molecule has 0 radical (unpaired) electrons. The Bertz CT molecular complexity index is 485. The Morgan fingerprint density at radius 3 is 2.67 bits per heavy atom. The van der Waals surface area contributed by atoms with E-state index in [0.717, 1.165) is 19.3 Å². The monoisotopic (exact) mass is 340 g/mol. The molecule has 0 spiro atoms. The van der Waals surface area contributed by atoms with Crippen LogP contribution in [0.5, 0.6) is 0 Å². The molecule has 0 aromatic carbocycles. The number of nitrogens with one attached hydrogen (secondary N) is 2. The van der Waals surface area contributed by atoms with Crippen LogP contribution in [0.15, 0.2) is 0 Å². The number of rotatable bonds is 6. The zero-order chi connectivity index (χ0) is 17.9. The number of carboxylic acid groups (broad SMARTS) is 1. The van der Waals surface area contributed by atoms with Gasteiger partial charge in [0.2, 0.25) is 12.3 Å². The fraction of sp³-hybridized carbons (Fsp3) is 0.812. The molecule has 8 heteroatoms. The van der Waals surface area contributed by atoms with Crippen molar-refractivity contribution in [1.29, 1.82) is 0 Å². The SMILES string of the molecule is CC(C)N(C)[C@@H]1CC[C@H](N2CC[C@H](NC(=O)O)C2=O)[C@@H](NC=O)C1. The summed E-state index contributed by atoms with van der Waals surface area (Å²) < 4.78 is 0. The van der Waals surface area contributed by atoms with Gasteiger partial charge in [-0.25, -0.2) is 4.79 Å². The van der Waals surface area contributed by atoms with Crippen LogP contribution in [0.2, 0.25) is 0 Å². The Labute approximate surface area is 142 Å². The molecule has 2 aliphatic rings. The van der Waals surface area contributed by atoms with E-state index in [1.807, 2.05) is 0 Å². The number of likely N-dealkylation sites (tertiary alicyclic amines) is 1. The van der Waals surface area contributed by atoms with Gasteiger partial charge < -0.3 is 25.5 Å². The topological polar surface area (TPSA) is 102 Å². The van der Waals surface area contributed by atoms with Crippen molar-refractivity contribution in [3.63, 3.8) is 0 Å². The zero-order valence-corrected chi connectivity index (χ0v) is 14.6. The summed E-state index contributed by atoms with van der Waals surface area (Å²) in [6.07, 6.45) is 2.54. The quantitative estimate of drug-likeness (QED) is 0.601. The van der Waals surface area contributed by atoms with E-state index in [4.69, 9.17) is 5.11 Å². The van der Waals surface area contributed by atoms with Crippen LogP contribution in [-0.4, -0.2) is 77.1 Å². The third kappa shape index (κ3) is 3.98. The molecule has 8 nitrogen and oxygen atoms in total. The van der Waals surface area contributed by atoms with Crippen molar-refractivity contribution in [1.82, 2.24) is 20.4 Å². The molecular formula is C16H28N4O4. The van der Waals surface area contributed by atoms with Crippen molar-refractivity contribution in [2.24, 2.45) is 0 Å². The molecule has 1 aliphatic heterocycles. The molecule has 0 bridgehead atoms. The Hall–Kier alpha value is -1.83. The van der Waals surface area contributed by atoms with E-state index in [-0.39, 0.29) is 18.0 Å². The number of hydrogen-bond donors (Lipinski definition) is 3. The summed E-state index contributed by atoms with van der Waals surface area (Å²) in [5.74, 6) is -0.184. The van der Waals surface area contributed by atoms with Crippen LogP contribution in [0.25, 0.3) is 0 Å². The van der Waals surface area contributed by atoms with Gasteiger partial charge in [-0.2, -0.15) is 0 Å². The lowest BCUT2D eigenvalue weighted by molar-refractivity contribution is -0.133. The lowest BCUT2D eigenvalue weighted by Crippen LogP contribution is -2.57. The number of hydrogen-bond acceptors (Lipinski definition) is 4. The summed E-state index contributed by atoms with van der Waals surface area (Å²) in [7, 11) is 2.08. The van der Waals surface area contributed by atoms with Crippen molar-refractivity contribution >= 4 is 18.4 Å². The largest absolute Gasteiger partial charge is 0.465 e. The molecule has 2 rings (SSSR count). The summed E-state index contributed by atoms with van der Waals surface area (Å²) in [5, 5.41) is 14.0. The van der Waals surface area contributed by atoms with Gasteiger partial charge in [-0.1, -0.05) is 0 Å². The number of nitrogens with zero attached hydrogens (tertiary/aromatic N) is 2. The van der Waals surface area contributed by atoms with Crippen LogP contribution in [0.3, 0.4) is 0 Å².